The fourth-order valence-corrected chi connectivity index (χ4v) is 3.03. The molecule has 4 nitrogen and oxygen atoms in total. The van der Waals surface area contributed by atoms with Crippen molar-refractivity contribution < 1.29 is 4.74 Å². The van der Waals surface area contributed by atoms with Crippen LogP contribution in [0, 0.1) is 0 Å². The average molecular weight is 348 g/mol. The van der Waals surface area contributed by atoms with Gasteiger partial charge in [-0.05, 0) is 23.1 Å². The second-order valence-electron chi connectivity index (χ2n) is 6.33. The molecule has 0 aliphatic heterocycles. The molecular weight excluding hydrogens is 324 g/mol. The molecule has 3 aromatic rings. The van der Waals surface area contributed by atoms with E-state index in [4.69, 9.17) is 4.74 Å². The lowest BCUT2D eigenvalue weighted by Crippen LogP contribution is -2.26. The largest absolute Gasteiger partial charge is 0.378 e. The first-order valence-corrected chi connectivity index (χ1v) is 8.94. The van der Waals surface area contributed by atoms with Gasteiger partial charge in [0.15, 0.2) is 0 Å². The molecule has 0 saturated carbocycles. The molecule has 26 heavy (non-hydrogen) atoms. The molecule has 0 aliphatic carbocycles. The molecule has 134 valence electrons. The number of aromatic nitrogens is 2. The number of hydrogen-bond donors (Lipinski definition) is 0. The molecule has 1 aromatic heterocycles. The molecule has 0 unspecified atom stereocenters. The summed E-state index contributed by atoms with van der Waals surface area (Å²) in [6.07, 6.45) is 1.71. The van der Waals surface area contributed by atoms with Crippen molar-refractivity contribution in [1.82, 2.24) is 9.55 Å². The summed E-state index contributed by atoms with van der Waals surface area (Å²) in [5.41, 5.74) is 4.11. The second-order valence-corrected chi connectivity index (χ2v) is 6.33. The van der Waals surface area contributed by atoms with Crippen molar-refractivity contribution in [3.8, 4) is 11.1 Å². The molecule has 0 bridgehead atoms. The van der Waals surface area contributed by atoms with Crippen LogP contribution < -0.4 is 5.56 Å². The molecule has 0 N–H and O–H groups in total. The zero-order valence-corrected chi connectivity index (χ0v) is 15.3. The minimum Gasteiger partial charge on any atom is -0.378 e. The molecule has 4 heteroatoms. The van der Waals surface area contributed by atoms with Crippen molar-refractivity contribution in [2.75, 3.05) is 7.11 Å². The summed E-state index contributed by atoms with van der Waals surface area (Å²) in [6.45, 7) is 2.98. The SMILES string of the molecule is CCCc1nc(COC)cc(=O)n1Cc1ccc(-c2ccccc2)cc1. The lowest BCUT2D eigenvalue weighted by molar-refractivity contribution is 0.180. The second kappa shape index (κ2) is 8.59. The summed E-state index contributed by atoms with van der Waals surface area (Å²) in [5.74, 6) is 0.819. The Balaban J connectivity index is 1.87. The van der Waals surface area contributed by atoms with Crippen LogP contribution in [-0.2, 0) is 24.3 Å². The number of aryl methyl sites for hydroxylation is 1. The van der Waals surface area contributed by atoms with Crippen LogP contribution in [0.15, 0.2) is 65.5 Å². The minimum atomic E-state index is -0.0253. The number of nitrogens with zero attached hydrogens (tertiary/aromatic N) is 2. The van der Waals surface area contributed by atoms with E-state index >= 15 is 0 Å². The Morgan fingerprint density at radius 3 is 2.35 bits per heavy atom. The maximum atomic E-state index is 12.6. The number of benzene rings is 2. The Morgan fingerprint density at radius 1 is 1.00 bits per heavy atom. The smallest absolute Gasteiger partial charge is 0.254 e. The quantitative estimate of drug-likeness (QED) is 0.647. The fourth-order valence-electron chi connectivity index (χ4n) is 3.03. The summed E-state index contributed by atoms with van der Waals surface area (Å²) in [5, 5.41) is 0. The first-order chi connectivity index (χ1) is 12.7. The van der Waals surface area contributed by atoms with E-state index in [1.807, 2.05) is 18.2 Å². The van der Waals surface area contributed by atoms with Crippen molar-refractivity contribution in [2.45, 2.75) is 32.9 Å². The molecule has 0 fully saturated rings. The van der Waals surface area contributed by atoms with Crippen LogP contribution in [0.2, 0.25) is 0 Å². The van der Waals surface area contributed by atoms with Crippen molar-refractivity contribution in [2.24, 2.45) is 0 Å². The van der Waals surface area contributed by atoms with Crippen LogP contribution in [0.3, 0.4) is 0 Å². The van der Waals surface area contributed by atoms with Gasteiger partial charge in [-0.25, -0.2) is 4.98 Å². The number of methoxy groups -OCH3 is 1. The van der Waals surface area contributed by atoms with Gasteiger partial charge in [0.05, 0.1) is 18.8 Å². The van der Waals surface area contributed by atoms with Gasteiger partial charge >= 0.3 is 0 Å². The van der Waals surface area contributed by atoms with Crippen LogP contribution in [0.5, 0.6) is 0 Å². The van der Waals surface area contributed by atoms with Gasteiger partial charge in [0, 0.05) is 19.6 Å². The normalized spacial score (nSPS) is 10.8. The van der Waals surface area contributed by atoms with Crippen molar-refractivity contribution in [1.29, 1.82) is 0 Å². The highest BCUT2D eigenvalue weighted by Gasteiger charge is 2.09. The van der Waals surface area contributed by atoms with E-state index in [-0.39, 0.29) is 5.56 Å². The molecule has 0 atom stereocenters. The minimum absolute atomic E-state index is 0.0253. The summed E-state index contributed by atoms with van der Waals surface area (Å²) in [4.78, 5) is 17.2. The van der Waals surface area contributed by atoms with Crippen molar-refractivity contribution in [3.05, 3.63) is 88.1 Å². The summed E-state index contributed by atoms with van der Waals surface area (Å²) in [7, 11) is 1.61. The van der Waals surface area contributed by atoms with Crippen LogP contribution in [0.25, 0.3) is 11.1 Å². The number of hydrogen-bond acceptors (Lipinski definition) is 3. The van der Waals surface area contributed by atoms with Gasteiger partial charge in [0.25, 0.3) is 5.56 Å². The third kappa shape index (κ3) is 4.27. The Bertz CT molecular complexity index is 900. The van der Waals surface area contributed by atoms with Crippen LogP contribution in [-0.4, -0.2) is 16.7 Å². The predicted octanol–water partition coefficient (Wildman–Crippen LogP) is 4.06. The van der Waals surface area contributed by atoms with Gasteiger partial charge in [0.2, 0.25) is 0 Å². The lowest BCUT2D eigenvalue weighted by Gasteiger charge is -2.13. The molecular formula is C22H24N2O2. The topological polar surface area (TPSA) is 44.1 Å². The molecule has 0 aliphatic rings. The maximum Gasteiger partial charge on any atom is 0.254 e. The molecule has 3 rings (SSSR count). The van der Waals surface area contributed by atoms with Gasteiger partial charge in [-0.1, -0.05) is 61.5 Å². The lowest BCUT2D eigenvalue weighted by atomic mass is 10.0. The predicted molar refractivity (Wildman–Crippen MR) is 104 cm³/mol. The third-order valence-corrected chi connectivity index (χ3v) is 4.31. The van der Waals surface area contributed by atoms with Gasteiger partial charge in [-0.2, -0.15) is 0 Å². The third-order valence-electron chi connectivity index (χ3n) is 4.31. The monoisotopic (exact) mass is 348 g/mol. The fraction of sp³-hybridized carbons (Fsp3) is 0.273. The molecule has 0 amide bonds. The van der Waals surface area contributed by atoms with E-state index in [2.05, 4.69) is 48.3 Å². The number of ether oxygens (including phenoxy) is 1. The highest BCUT2D eigenvalue weighted by Crippen LogP contribution is 2.19. The standard InChI is InChI=1S/C22H24N2O2/c1-3-7-21-23-20(16-26-2)14-22(25)24(21)15-17-10-12-19(13-11-17)18-8-5-4-6-9-18/h4-6,8-14H,3,7,15-16H2,1-2H3. The number of rotatable bonds is 7. The van der Waals surface area contributed by atoms with E-state index in [1.54, 1.807) is 17.7 Å². The van der Waals surface area contributed by atoms with Crippen LogP contribution in [0.4, 0.5) is 0 Å². The Morgan fingerprint density at radius 2 is 1.69 bits per heavy atom. The first kappa shape index (κ1) is 18.1. The van der Waals surface area contributed by atoms with Gasteiger partial charge in [-0.15, -0.1) is 0 Å². The van der Waals surface area contributed by atoms with E-state index < -0.39 is 0 Å². The zero-order valence-electron chi connectivity index (χ0n) is 15.3. The molecule has 0 saturated heterocycles. The summed E-state index contributed by atoms with van der Waals surface area (Å²) >= 11 is 0. The Labute approximate surface area is 154 Å². The van der Waals surface area contributed by atoms with Crippen LogP contribution in [0.1, 0.15) is 30.4 Å². The summed E-state index contributed by atoms with van der Waals surface area (Å²) < 4.78 is 6.88. The molecule has 1 heterocycles. The Kier molecular flexibility index (Phi) is 5.97. The molecule has 0 radical (unpaired) electrons. The van der Waals surface area contributed by atoms with E-state index in [0.29, 0.717) is 18.8 Å². The first-order valence-electron chi connectivity index (χ1n) is 8.94. The zero-order chi connectivity index (χ0) is 18.4. The maximum absolute atomic E-state index is 12.6. The van der Waals surface area contributed by atoms with Crippen molar-refractivity contribution in [3.63, 3.8) is 0 Å². The molecule has 0 spiro atoms. The van der Waals surface area contributed by atoms with E-state index in [1.165, 1.54) is 11.1 Å². The highest BCUT2D eigenvalue weighted by atomic mass is 16.5. The Hall–Kier alpha value is -2.72. The van der Waals surface area contributed by atoms with Crippen LogP contribution >= 0.6 is 0 Å². The van der Waals surface area contributed by atoms with Crippen molar-refractivity contribution >= 4 is 0 Å². The van der Waals surface area contributed by atoms with Gasteiger partial charge in [0.1, 0.15) is 5.82 Å². The van der Waals surface area contributed by atoms with E-state index in [9.17, 15) is 4.79 Å². The van der Waals surface area contributed by atoms with Gasteiger partial charge < -0.3 is 4.74 Å². The van der Waals surface area contributed by atoms with E-state index in [0.717, 1.165) is 24.2 Å². The van der Waals surface area contributed by atoms with Gasteiger partial charge in [-0.3, -0.25) is 9.36 Å². The molecule has 2 aromatic carbocycles. The average Bonchev–Trinajstić information content (AvgIpc) is 2.66. The highest BCUT2D eigenvalue weighted by molar-refractivity contribution is 5.63. The summed E-state index contributed by atoms with van der Waals surface area (Å²) in [6, 6.07) is 20.2.